The second-order valence-electron chi connectivity index (χ2n) is 17.1. The Balaban J connectivity index is 4.28. The maximum absolute atomic E-state index is 12.7. The molecule has 0 N–H and O–H groups in total. The predicted molar refractivity (Wildman–Crippen MR) is 227 cm³/mol. The number of nitrogens with zero attached hydrogens (tertiary/aromatic N) is 1. The summed E-state index contributed by atoms with van der Waals surface area (Å²) in [7, 11) is 1.18. The predicted octanol–water partition coefficient (Wildman–Crippen LogP) is 12.6. The normalized spacial score (nSPS) is 13.5. The Labute approximate surface area is 340 Å². The number of likely N-dealkylation sites (N-methyl/N-ethyl adjacent to an activating group) is 1. The van der Waals surface area contributed by atoms with Gasteiger partial charge >= 0.3 is 11.9 Å². The van der Waals surface area contributed by atoms with E-state index < -0.39 is 26.5 Å². The van der Waals surface area contributed by atoms with E-state index >= 15 is 0 Å². The number of unbranched alkanes of at least 4 members (excludes halogenated alkanes) is 29. The molecule has 0 aromatic carbocycles. The zero-order valence-electron chi connectivity index (χ0n) is 36.9. The van der Waals surface area contributed by atoms with Crippen LogP contribution in [-0.2, 0) is 32.7 Å². The van der Waals surface area contributed by atoms with Crippen molar-refractivity contribution in [3.05, 3.63) is 0 Å². The molecule has 0 saturated carbocycles. The van der Waals surface area contributed by atoms with Crippen LogP contribution in [0.25, 0.3) is 0 Å². The Morgan fingerprint density at radius 3 is 1.16 bits per heavy atom. The van der Waals surface area contributed by atoms with Crippen molar-refractivity contribution in [3.63, 3.8) is 0 Å². The van der Waals surface area contributed by atoms with E-state index in [9.17, 15) is 19.0 Å². The van der Waals surface area contributed by atoms with Gasteiger partial charge in [0.15, 0.2) is 6.10 Å². The Morgan fingerprint density at radius 2 is 0.818 bits per heavy atom. The van der Waals surface area contributed by atoms with Crippen LogP contribution >= 0.6 is 7.82 Å². The van der Waals surface area contributed by atoms with Gasteiger partial charge in [0, 0.05) is 12.8 Å². The molecule has 0 fully saturated rings. The van der Waals surface area contributed by atoms with Crippen LogP contribution in [-0.4, -0.2) is 70.0 Å². The second kappa shape index (κ2) is 38.5. The van der Waals surface area contributed by atoms with Crippen LogP contribution in [0.15, 0.2) is 0 Å². The second-order valence-corrected chi connectivity index (χ2v) is 18.5. The number of hydrogen-bond acceptors (Lipinski definition) is 8. The molecule has 0 aliphatic heterocycles. The number of carbonyl (C=O) groups is 2. The van der Waals surface area contributed by atoms with Crippen LogP contribution in [0.5, 0.6) is 0 Å². The van der Waals surface area contributed by atoms with Crippen LogP contribution in [0, 0.1) is 0 Å². The summed E-state index contributed by atoms with van der Waals surface area (Å²) in [4.78, 5) is 37.6. The van der Waals surface area contributed by atoms with Crippen LogP contribution < -0.4 is 4.89 Å². The smallest absolute Gasteiger partial charge is 0.306 e. The van der Waals surface area contributed by atoms with Crippen molar-refractivity contribution in [2.24, 2.45) is 0 Å². The molecule has 10 heteroatoms. The Morgan fingerprint density at radius 1 is 0.491 bits per heavy atom. The van der Waals surface area contributed by atoms with E-state index in [0.717, 1.165) is 32.1 Å². The lowest BCUT2D eigenvalue weighted by atomic mass is 10.0. The molecular weight excluding hydrogens is 713 g/mol. The maximum atomic E-state index is 12.7. The number of ether oxygens (including phenoxy) is 2. The Bertz CT molecular complexity index is 912. The van der Waals surface area contributed by atoms with Gasteiger partial charge < -0.3 is 27.9 Å². The van der Waals surface area contributed by atoms with E-state index in [2.05, 4.69) is 13.8 Å². The highest BCUT2D eigenvalue weighted by molar-refractivity contribution is 7.45. The van der Waals surface area contributed by atoms with E-state index in [1.807, 2.05) is 21.1 Å². The number of quaternary nitrogens is 1. The zero-order valence-corrected chi connectivity index (χ0v) is 37.8. The highest BCUT2D eigenvalue weighted by atomic mass is 31.2. The van der Waals surface area contributed by atoms with Gasteiger partial charge in [-0.1, -0.05) is 200 Å². The summed E-state index contributed by atoms with van der Waals surface area (Å²) in [6.07, 6.45) is 38.3. The van der Waals surface area contributed by atoms with E-state index in [-0.39, 0.29) is 32.0 Å². The molecule has 2 atom stereocenters. The van der Waals surface area contributed by atoms with Gasteiger partial charge in [-0.05, 0) is 12.8 Å². The van der Waals surface area contributed by atoms with Gasteiger partial charge in [-0.25, -0.2) is 0 Å². The molecular formula is C45H90NO8P. The van der Waals surface area contributed by atoms with E-state index in [1.165, 1.54) is 161 Å². The topological polar surface area (TPSA) is 111 Å². The number of esters is 2. The molecule has 9 nitrogen and oxygen atoms in total. The summed E-state index contributed by atoms with van der Waals surface area (Å²) in [6, 6.07) is 0. The molecule has 0 amide bonds. The fraction of sp³-hybridized carbons (Fsp3) is 0.956. The standard InChI is InChI=1S/C45H90NO8P/c1-6-8-10-12-14-16-18-20-22-24-26-28-30-32-34-36-38-45(48)54-43(42-53-55(49,50)52-40-39-46(3,4)5)41-51-44(47)37-35-33-31-29-27-25-23-21-19-17-15-13-11-9-7-2/h43H,6-42H2,1-5H3/t43-/m1/s1. The van der Waals surface area contributed by atoms with Crippen molar-refractivity contribution >= 4 is 19.8 Å². The lowest BCUT2D eigenvalue weighted by Gasteiger charge is -2.28. The summed E-state index contributed by atoms with van der Waals surface area (Å²) in [5.41, 5.74) is 0. The molecule has 0 aromatic rings. The summed E-state index contributed by atoms with van der Waals surface area (Å²) >= 11 is 0. The largest absolute Gasteiger partial charge is 0.756 e. The van der Waals surface area contributed by atoms with Crippen molar-refractivity contribution in [2.75, 3.05) is 47.5 Å². The number of hydrogen-bond donors (Lipinski definition) is 0. The van der Waals surface area contributed by atoms with Gasteiger partial charge in [-0.3, -0.25) is 14.2 Å². The van der Waals surface area contributed by atoms with Gasteiger partial charge in [-0.2, -0.15) is 0 Å². The summed E-state index contributed by atoms with van der Waals surface area (Å²) in [5, 5.41) is 0. The molecule has 0 saturated heterocycles. The minimum absolute atomic E-state index is 0.0256. The van der Waals surface area contributed by atoms with Crippen LogP contribution in [0.4, 0.5) is 0 Å². The van der Waals surface area contributed by atoms with Gasteiger partial charge in [0.2, 0.25) is 0 Å². The maximum Gasteiger partial charge on any atom is 0.306 e. The molecule has 0 radical (unpaired) electrons. The van der Waals surface area contributed by atoms with E-state index in [1.54, 1.807) is 0 Å². The SMILES string of the molecule is CCCCCCCCCCCCCCCCCCC(=O)O[C@H](COC(=O)CCCCCCCCCCCCCCCCC)COP(=O)([O-])OCC[N+](C)(C)C. The molecule has 328 valence electrons. The highest BCUT2D eigenvalue weighted by Gasteiger charge is 2.21. The fourth-order valence-electron chi connectivity index (χ4n) is 6.72. The first-order valence-corrected chi connectivity index (χ1v) is 24.7. The van der Waals surface area contributed by atoms with Crippen molar-refractivity contribution in [1.82, 2.24) is 0 Å². The third-order valence-electron chi connectivity index (χ3n) is 10.4. The third-order valence-corrected chi connectivity index (χ3v) is 11.3. The fourth-order valence-corrected chi connectivity index (χ4v) is 7.44. The van der Waals surface area contributed by atoms with Crippen LogP contribution in [0.3, 0.4) is 0 Å². The molecule has 0 aromatic heterocycles. The van der Waals surface area contributed by atoms with Gasteiger partial charge in [-0.15, -0.1) is 0 Å². The van der Waals surface area contributed by atoms with Crippen LogP contribution in [0.1, 0.15) is 226 Å². The van der Waals surface area contributed by atoms with Crippen molar-refractivity contribution < 1.29 is 42.1 Å². The molecule has 0 aliphatic rings. The first-order chi connectivity index (χ1) is 26.5. The number of phosphoric acid groups is 1. The number of phosphoric ester groups is 1. The van der Waals surface area contributed by atoms with E-state index in [0.29, 0.717) is 17.4 Å². The minimum atomic E-state index is -4.62. The average molecular weight is 804 g/mol. The minimum Gasteiger partial charge on any atom is -0.756 e. The molecule has 0 aliphatic carbocycles. The summed E-state index contributed by atoms with van der Waals surface area (Å²) in [5.74, 6) is -0.817. The quantitative estimate of drug-likeness (QED) is 0.0259. The lowest BCUT2D eigenvalue weighted by molar-refractivity contribution is -0.870. The molecule has 0 spiro atoms. The number of rotatable bonds is 43. The Kier molecular flexibility index (Phi) is 37.8. The summed E-state index contributed by atoms with van der Waals surface area (Å²) < 4.78 is 34.0. The van der Waals surface area contributed by atoms with Crippen molar-refractivity contribution in [3.8, 4) is 0 Å². The van der Waals surface area contributed by atoms with Crippen molar-refractivity contribution in [2.45, 2.75) is 232 Å². The van der Waals surface area contributed by atoms with Crippen LogP contribution in [0.2, 0.25) is 0 Å². The van der Waals surface area contributed by atoms with Gasteiger partial charge in [0.05, 0.1) is 27.7 Å². The molecule has 0 rings (SSSR count). The Hall–Kier alpha value is -0.990. The molecule has 1 unspecified atom stereocenters. The summed E-state index contributed by atoms with van der Waals surface area (Å²) in [6.45, 7) is 4.27. The molecule has 55 heavy (non-hydrogen) atoms. The first kappa shape index (κ1) is 54.0. The zero-order chi connectivity index (χ0) is 40.7. The van der Waals surface area contributed by atoms with E-state index in [4.69, 9.17) is 18.5 Å². The third kappa shape index (κ3) is 42.4. The average Bonchev–Trinajstić information content (AvgIpc) is 3.13. The lowest BCUT2D eigenvalue weighted by Crippen LogP contribution is -2.37. The highest BCUT2D eigenvalue weighted by Crippen LogP contribution is 2.38. The van der Waals surface area contributed by atoms with Gasteiger partial charge in [0.25, 0.3) is 7.82 Å². The number of carbonyl (C=O) groups excluding carboxylic acids is 2. The molecule has 0 heterocycles. The monoisotopic (exact) mass is 804 g/mol. The molecule has 0 bridgehead atoms. The first-order valence-electron chi connectivity index (χ1n) is 23.2. The van der Waals surface area contributed by atoms with Gasteiger partial charge in [0.1, 0.15) is 19.8 Å². The van der Waals surface area contributed by atoms with Crippen molar-refractivity contribution in [1.29, 1.82) is 0 Å².